The Balaban J connectivity index is 1.98. The van der Waals surface area contributed by atoms with Gasteiger partial charge in [-0.05, 0) is 18.2 Å². The second kappa shape index (κ2) is 4.53. The molecule has 2 aromatic rings. The minimum Gasteiger partial charge on any atom is -0.508 e. The Hall–Kier alpha value is -2.23. The number of hydrogen-bond acceptors (Lipinski definition) is 3. The van der Waals surface area contributed by atoms with Crippen LogP contribution in [0.15, 0.2) is 47.1 Å². The van der Waals surface area contributed by atoms with Gasteiger partial charge in [0.25, 0.3) is 5.91 Å². The van der Waals surface area contributed by atoms with Crippen molar-refractivity contribution in [2.45, 2.75) is 6.54 Å². The largest absolute Gasteiger partial charge is 0.508 e. The van der Waals surface area contributed by atoms with Gasteiger partial charge in [0.15, 0.2) is 5.76 Å². The Bertz CT molecular complexity index is 477. The van der Waals surface area contributed by atoms with Gasteiger partial charge in [-0.2, -0.15) is 0 Å². The van der Waals surface area contributed by atoms with E-state index in [1.165, 1.54) is 6.26 Å². The van der Waals surface area contributed by atoms with Gasteiger partial charge in [-0.25, -0.2) is 0 Å². The normalized spacial score (nSPS) is 10.0. The highest BCUT2D eigenvalue weighted by Gasteiger charge is 2.08. The molecule has 1 heterocycles. The summed E-state index contributed by atoms with van der Waals surface area (Å²) in [6, 6.07) is 10.1. The van der Waals surface area contributed by atoms with Crippen molar-refractivity contribution < 1.29 is 14.3 Å². The lowest BCUT2D eigenvalue weighted by atomic mass is 10.2. The first-order valence-corrected chi connectivity index (χ1v) is 4.86. The van der Waals surface area contributed by atoms with Crippen molar-refractivity contribution in [2.24, 2.45) is 0 Å². The first kappa shape index (κ1) is 10.3. The average molecular weight is 217 g/mol. The smallest absolute Gasteiger partial charge is 0.287 e. The number of phenols is 1. The summed E-state index contributed by atoms with van der Waals surface area (Å²) in [5.41, 5.74) is 0.669. The molecule has 4 heteroatoms. The first-order chi connectivity index (χ1) is 7.77. The maximum Gasteiger partial charge on any atom is 0.287 e. The summed E-state index contributed by atoms with van der Waals surface area (Å²) in [7, 11) is 0. The number of carbonyl (C=O) groups excluding carboxylic acids is 1. The second-order valence-corrected chi connectivity index (χ2v) is 3.29. The Morgan fingerprint density at radius 2 is 2.06 bits per heavy atom. The summed E-state index contributed by atoms with van der Waals surface area (Å²) in [6.07, 6.45) is 1.44. The number of benzene rings is 1. The van der Waals surface area contributed by atoms with Crippen LogP contribution < -0.4 is 5.32 Å². The van der Waals surface area contributed by atoms with Crippen molar-refractivity contribution in [3.8, 4) is 5.75 Å². The fraction of sp³-hybridized carbons (Fsp3) is 0.0833. The maximum absolute atomic E-state index is 11.5. The standard InChI is InChI=1S/C12H11NO3/c14-10-5-2-1-4-9(10)8-13-12(15)11-6-3-7-16-11/h1-7,14H,8H2,(H,13,15). The molecule has 4 nitrogen and oxygen atoms in total. The van der Waals surface area contributed by atoms with E-state index < -0.39 is 0 Å². The lowest BCUT2D eigenvalue weighted by molar-refractivity contribution is 0.0923. The number of rotatable bonds is 3. The van der Waals surface area contributed by atoms with Crippen molar-refractivity contribution in [2.75, 3.05) is 0 Å². The van der Waals surface area contributed by atoms with Gasteiger partial charge in [-0.15, -0.1) is 0 Å². The fourth-order valence-corrected chi connectivity index (χ4v) is 1.33. The van der Waals surface area contributed by atoms with Gasteiger partial charge in [-0.1, -0.05) is 18.2 Å². The van der Waals surface area contributed by atoms with E-state index >= 15 is 0 Å². The molecule has 0 fully saturated rings. The third kappa shape index (κ3) is 2.23. The molecule has 0 bridgehead atoms. The lowest BCUT2D eigenvalue weighted by Crippen LogP contribution is -2.22. The molecule has 0 unspecified atom stereocenters. The zero-order valence-electron chi connectivity index (χ0n) is 8.51. The number of carbonyl (C=O) groups is 1. The summed E-state index contributed by atoms with van der Waals surface area (Å²) in [4.78, 5) is 11.5. The third-order valence-corrected chi connectivity index (χ3v) is 2.18. The maximum atomic E-state index is 11.5. The van der Waals surface area contributed by atoms with E-state index in [9.17, 15) is 9.90 Å². The highest BCUT2D eigenvalue weighted by Crippen LogP contribution is 2.15. The van der Waals surface area contributed by atoms with Crippen molar-refractivity contribution in [1.29, 1.82) is 0 Å². The molecule has 0 saturated carbocycles. The SMILES string of the molecule is O=C(NCc1ccccc1O)c1ccco1. The van der Waals surface area contributed by atoms with E-state index in [0.29, 0.717) is 5.56 Å². The molecular weight excluding hydrogens is 206 g/mol. The van der Waals surface area contributed by atoms with Gasteiger partial charge < -0.3 is 14.8 Å². The molecule has 82 valence electrons. The molecule has 0 aliphatic carbocycles. The molecule has 1 aromatic carbocycles. The van der Waals surface area contributed by atoms with Gasteiger partial charge in [0.05, 0.1) is 6.26 Å². The lowest BCUT2D eigenvalue weighted by Gasteiger charge is -2.05. The van der Waals surface area contributed by atoms with Crippen molar-refractivity contribution in [3.05, 3.63) is 54.0 Å². The summed E-state index contributed by atoms with van der Waals surface area (Å²) < 4.78 is 4.94. The van der Waals surface area contributed by atoms with E-state index in [4.69, 9.17) is 4.42 Å². The molecule has 0 aliphatic heterocycles. The van der Waals surface area contributed by atoms with Crippen LogP contribution in [-0.2, 0) is 6.54 Å². The van der Waals surface area contributed by atoms with Crippen LogP contribution in [0.4, 0.5) is 0 Å². The molecule has 0 radical (unpaired) electrons. The first-order valence-electron chi connectivity index (χ1n) is 4.86. The van der Waals surface area contributed by atoms with Gasteiger partial charge >= 0.3 is 0 Å². The number of phenolic OH excluding ortho intramolecular Hbond substituents is 1. The molecule has 16 heavy (non-hydrogen) atoms. The van der Waals surface area contributed by atoms with Crippen LogP contribution in [0, 0.1) is 0 Å². The van der Waals surface area contributed by atoms with Crippen LogP contribution in [-0.4, -0.2) is 11.0 Å². The Labute approximate surface area is 92.5 Å². The molecule has 0 saturated heterocycles. The third-order valence-electron chi connectivity index (χ3n) is 2.18. The van der Waals surface area contributed by atoms with E-state index in [1.807, 2.05) is 0 Å². The van der Waals surface area contributed by atoms with Crippen LogP contribution >= 0.6 is 0 Å². The summed E-state index contributed by atoms with van der Waals surface area (Å²) in [6.45, 7) is 0.270. The van der Waals surface area contributed by atoms with Crippen molar-refractivity contribution in [1.82, 2.24) is 5.32 Å². The van der Waals surface area contributed by atoms with Gasteiger partial charge in [0, 0.05) is 12.1 Å². The summed E-state index contributed by atoms with van der Waals surface area (Å²) in [5, 5.41) is 12.1. The van der Waals surface area contributed by atoms with E-state index in [2.05, 4.69) is 5.32 Å². The van der Waals surface area contributed by atoms with Crippen LogP contribution in [0.5, 0.6) is 5.75 Å². The number of nitrogens with one attached hydrogen (secondary N) is 1. The van der Waals surface area contributed by atoms with E-state index in [-0.39, 0.29) is 24.0 Å². The van der Waals surface area contributed by atoms with Crippen molar-refractivity contribution >= 4 is 5.91 Å². The molecule has 0 atom stereocenters. The molecule has 2 rings (SSSR count). The number of furan rings is 1. The minimum atomic E-state index is -0.298. The molecule has 1 aromatic heterocycles. The van der Waals surface area contributed by atoms with Crippen LogP contribution in [0.3, 0.4) is 0 Å². The van der Waals surface area contributed by atoms with Gasteiger partial charge in [0.2, 0.25) is 0 Å². The summed E-state index contributed by atoms with van der Waals surface area (Å²) >= 11 is 0. The predicted octanol–water partition coefficient (Wildman–Crippen LogP) is 1.92. The van der Waals surface area contributed by atoms with Gasteiger partial charge in [0.1, 0.15) is 5.75 Å². The molecular formula is C12H11NO3. The Kier molecular flexibility index (Phi) is 2.91. The quantitative estimate of drug-likeness (QED) is 0.825. The van der Waals surface area contributed by atoms with E-state index in [0.717, 1.165) is 0 Å². The molecule has 0 spiro atoms. The van der Waals surface area contributed by atoms with E-state index in [1.54, 1.807) is 36.4 Å². The second-order valence-electron chi connectivity index (χ2n) is 3.29. The average Bonchev–Trinajstić information content (AvgIpc) is 2.81. The van der Waals surface area contributed by atoms with Crippen molar-refractivity contribution in [3.63, 3.8) is 0 Å². The van der Waals surface area contributed by atoms with Gasteiger partial charge in [-0.3, -0.25) is 4.79 Å². The topological polar surface area (TPSA) is 62.5 Å². The molecule has 2 N–H and O–H groups in total. The molecule has 1 amide bonds. The zero-order chi connectivity index (χ0) is 11.4. The highest BCUT2D eigenvalue weighted by atomic mass is 16.3. The molecule has 0 aliphatic rings. The number of aromatic hydroxyl groups is 1. The van der Waals surface area contributed by atoms with Crippen LogP contribution in [0.25, 0.3) is 0 Å². The van der Waals surface area contributed by atoms with Crippen LogP contribution in [0.1, 0.15) is 16.1 Å². The fourth-order valence-electron chi connectivity index (χ4n) is 1.33. The highest BCUT2D eigenvalue weighted by molar-refractivity contribution is 5.91. The number of hydrogen-bond donors (Lipinski definition) is 2. The number of para-hydroxylation sites is 1. The Morgan fingerprint density at radius 3 is 2.75 bits per heavy atom. The summed E-state index contributed by atoms with van der Waals surface area (Å²) in [5.74, 6) is 0.130. The monoisotopic (exact) mass is 217 g/mol. The minimum absolute atomic E-state index is 0.169. The zero-order valence-corrected chi connectivity index (χ0v) is 8.51. The number of amides is 1. The van der Waals surface area contributed by atoms with Crippen LogP contribution in [0.2, 0.25) is 0 Å². The predicted molar refractivity (Wildman–Crippen MR) is 58.0 cm³/mol. The Morgan fingerprint density at radius 1 is 1.25 bits per heavy atom.